The summed E-state index contributed by atoms with van der Waals surface area (Å²) in [5.41, 5.74) is 2.55. The molecule has 0 aliphatic rings. The van der Waals surface area contributed by atoms with Gasteiger partial charge >= 0.3 is 6.09 Å². The maximum Gasteiger partial charge on any atom is 0.408 e. The zero-order valence-corrected chi connectivity index (χ0v) is 23.1. The number of carbonyl (C=O) groups is 3. The number of nitrogens with zero attached hydrogens (tertiary/aromatic N) is 1. The second-order valence-corrected chi connectivity index (χ2v) is 10.5. The van der Waals surface area contributed by atoms with E-state index in [0.29, 0.717) is 12.1 Å². The predicted molar refractivity (Wildman–Crippen MR) is 150 cm³/mol. The van der Waals surface area contributed by atoms with Crippen molar-refractivity contribution in [3.63, 3.8) is 0 Å². The summed E-state index contributed by atoms with van der Waals surface area (Å²) < 4.78 is 5.41. The van der Waals surface area contributed by atoms with Crippen molar-refractivity contribution >= 4 is 17.9 Å². The Morgan fingerprint density at radius 2 is 1.51 bits per heavy atom. The Bertz CT molecular complexity index is 1250. The van der Waals surface area contributed by atoms with Gasteiger partial charge in [-0.05, 0) is 56.5 Å². The van der Waals surface area contributed by atoms with E-state index in [1.54, 1.807) is 40.0 Å². The molecule has 2 unspecified atom stereocenters. The Morgan fingerprint density at radius 1 is 0.897 bits per heavy atom. The molecule has 0 aliphatic carbocycles. The molecule has 0 spiro atoms. The summed E-state index contributed by atoms with van der Waals surface area (Å²) in [6.07, 6.45) is -0.608. The summed E-state index contributed by atoms with van der Waals surface area (Å²) in [7, 11) is 1.55. The van der Waals surface area contributed by atoms with Crippen molar-refractivity contribution in [2.75, 3.05) is 7.05 Å². The number of phenolic OH excluding ortho intramolecular Hbond substituents is 1. The average molecular weight is 532 g/mol. The number of nitrogens with one attached hydrogen (secondary N) is 2. The van der Waals surface area contributed by atoms with Crippen molar-refractivity contribution < 1.29 is 24.2 Å². The van der Waals surface area contributed by atoms with E-state index >= 15 is 0 Å². The normalized spacial score (nSPS) is 12.6. The number of carbonyl (C=O) groups excluding carboxylic acids is 3. The summed E-state index contributed by atoms with van der Waals surface area (Å²) in [5, 5.41) is 15.3. The molecule has 0 fully saturated rings. The smallest absolute Gasteiger partial charge is 0.408 e. The van der Waals surface area contributed by atoms with Gasteiger partial charge in [0.2, 0.25) is 11.8 Å². The quantitative estimate of drug-likeness (QED) is 0.373. The standard InChI is InChI=1S/C31H37N3O5/c1-21-11-15-24(16-12-21)27(28(36)32-20-23-9-7-6-8-10-23)34(5)29(37)26(33-30(38)39-31(2,3)4)19-22-13-17-25(35)18-14-22/h6-18,26-27,35H,19-20H2,1-5H3,(H,32,36)(H,33,38). The van der Waals surface area contributed by atoms with Crippen molar-refractivity contribution in [3.8, 4) is 5.75 Å². The van der Waals surface area contributed by atoms with Gasteiger partial charge in [-0.2, -0.15) is 0 Å². The first-order chi connectivity index (χ1) is 18.4. The average Bonchev–Trinajstić information content (AvgIpc) is 2.88. The van der Waals surface area contributed by atoms with Gasteiger partial charge in [0.15, 0.2) is 0 Å². The first-order valence-electron chi connectivity index (χ1n) is 12.9. The van der Waals surface area contributed by atoms with Crippen LogP contribution in [0.3, 0.4) is 0 Å². The van der Waals surface area contributed by atoms with E-state index in [9.17, 15) is 19.5 Å². The molecule has 0 saturated carbocycles. The van der Waals surface area contributed by atoms with Crippen LogP contribution in [0.5, 0.6) is 5.75 Å². The molecule has 39 heavy (non-hydrogen) atoms. The third-order valence-corrected chi connectivity index (χ3v) is 6.05. The molecule has 3 N–H and O–H groups in total. The highest BCUT2D eigenvalue weighted by Crippen LogP contribution is 2.23. The number of rotatable bonds is 9. The van der Waals surface area contributed by atoms with Crippen LogP contribution in [0.25, 0.3) is 0 Å². The lowest BCUT2D eigenvalue weighted by Gasteiger charge is -2.32. The van der Waals surface area contributed by atoms with E-state index in [1.807, 2.05) is 61.5 Å². The topological polar surface area (TPSA) is 108 Å². The first kappa shape index (κ1) is 29.2. The van der Waals surface area contributed by atoms with Crippen molar-refractivity contribution in [1.82, 2.24) is 15.5 Å². The monoisotopic (exact) mass is 531 g/mol. The van der Waals surface area contributed by atoms with Gasteiger partial charge < -0.3 is 25.4 Å². The fourth-order valence-electron chi connectivity index (χ4n) is 4.07. The Kier molecular flexibility index (Phi) is 9.71. The number of benzene rings is 3. The predicted octanol–water partition coefficient (Wildman–Crippen LogP) is 4.65. The summed E-state index contributed by atoms with van der Waals surface area (Å²) in [5.74, 6) is -0.720. The Morgan fingerprint density at radius 3 is 2.10 bits per heavy atom. The molecule has 0 bridgehead atoms. The van der Waals surface area contributed by atoms with Gasteiger partial charge in [-0.1, -0.05) is 72.3 Å². The van der Waals surface area contributed by atoms with E-state index in [1.165, 1.54) is 17.0 Å². The summed E-state index contributed by atoms with van der Waals surface area (Å²) in [4.78, 5) is 41.5. The van der Waals surface area contributed by atoms with Crippen LogP contribution in [0.4, 0.5) is 4.79 Å². The number of hydrogen-bond donors (Lipinski definition) is 3. The number of phenols is 1. The maximum atomic E-state index is 13.9. The second kappa shape index (κ2) is 13.0. The zero-order valence-electron chi connectivity index (χ0n) is 23.1. The van der Waals surface area contributed by atoms with E-state index in [0.717, 1.165) is 16.7 Å². The van der Waals surface area contributed by atoms with Crippen LogP contribution in [-0.2, 0) is 27.3 Å². The number of aromatic hydroxyl groups is 1. The van der Waals surface area contributed by atoms with Crippen LogP contribution >= 0.6 is 0 Å². The molecule has 3 aromatic carbocycles. The molecular weight excluding hydrogens is 494 g/mol. The molecule has 0 radical (unpaired) electrons. The van der Waals surface area contributed by atoms with Gasteiger partial charge in [-0.15, -0.1) is 0 Å². The van der Waals surface area contributed by atoms with Gasteiger partial charge in [0.1, 0.15) is 23.4 Å². The Labute approximate surface area is 230 Å². The SMILES string of the molecule is Cc1ccc(C(C(=O)NCc2ccccc2)N(C)C(=O)C(Cc2ccc(O)cc2)NC(=O)OC(C)(C)C)cc1. The second-order valence-electron chi connectivity index (χ2n) is 10.5. The zero-order chi connectivity index (χ0) is 28.6. The Hall–Kier alpha value is -4.33. The van der Waals surface area contributed by atoms with Crippen LogP contribution in [0.2, 0.25) is 0 Å². The van der Waals surface area contributed by atoms with E-state index in [2.05, 4.69) is 10.6 Å². The number of likely N-dealkylation sites (N-methyl/N-ethyl adjacent to an activating group) is 1. The van der Waals surface area contributed by atoms with Crippen LogP contribution in [-0.4, -0.2) is 46.6 Å². The molecule has 3 aromatic rings. The van der Waals surface area contributed by atoms with Gasteiger partial charge in [-0.25, -0.2) is 4.79 Å². The van der Waals surface area contributed by atoms with Crippen LogP contribution in [0, 0.1) is 6.92 Å². The molecular formula is C31H37N3O5. The van der Waals surface area contributed by atoms with Crippen LogP contribution in [0.15, 0.2) is 78.9 Å². The third kappa shape index (κ3) is 8.88. The molecule has 8 nitrogen and oxygen atoms in total. The number of alkyl carbamates (subject to hydrolysis) is 1. The number of amides is 3. The van der Waals surface area contributed by atoms with E-state index < -0.39 is 29.7 Å². The highest BCUT2D eigenvalue weighted by Gasteiger charge is 2.34. The minimum Gasteiger partial charge on any atom is -0.508 e. The number of hydrogen-bond acceptors (Lipinski definition) is 5. The van der Waals surface area contributed by atoms with Crippen molar-refractivity contribution in [2.45, 2.75) is 58.3 Å². The first-order valence-corrected chi connectivity index (χ1v) is 12.9. The minimum atomic E-state index is -1.02. The third-order valence-electron chi connectivity index (χ3n) is 6.05. The largest absolute Gasteiger partial charge is 0.508 e. The molecule has 0 saturated heterocycles. The fourth-order valence-corrected chi connectivity index (χ4v) is 4.07. The number of aryl methyl sites for hydroxylation is 1. The molecule has 2 atom stereocenters. The molecule has 3 amide bonds. The molecule has 3 rings (SSSR count). The van der Waals surface area contributed by atoms with Gasteiger partial charge in [0.25, 0.3) is 0 Å². The molecule has 8 heteroatoms. The molecule has 0 heterocycles. The minimum absolute atomic E-state index is 0.0911. The highest BCUT2D eigenvalue weighted by molar-refractivity contribution is 5.92. The lowest BCUT2D eigenvalue weighted by atomic mass is 10.00. The molecule has 0 aromatic heterocycles. The van der Waals surface area contributed by atoms with Gasteiger partial charge in [0.05, 0.1) is 0 Å². The van der Waals surface area contributed by atoms with E-state index in [-0.39, 0.29) is 18.1 Å². The van der Waals surface area contributed by atoms with Crippen LogP contribution in [0.1, 0.15) is 49.1 Å². The number of ether oxygens (including phenoxy) is 1. The summed E-state index contributed by atoms with van der Waals surface area (Å²) in [6.45, 7) is 7.46. The fraction of sp³-hybridized carbons (Fsp3) is 0.323. The summed E-state index contributed by atoms with van der Waals surface area (Å²) in [6, 6.07) is 21.3. The summed E-state index contributed by atoms with van der Waals surface area (Å²) >= 11 is 0. The molecule has 0 aliphatic heterocycles. The van der Waals surface area contributed by atoms with E-state index in [4.69, 9.17) is 4.74 Å². The highest BCUT2D eigenvalue weighted by atomic mass is 16.6. The lowest BCUT2D eigenvalue weighted by molar-refractivity contribution is -0.140. The van der Waals surface area contributed by atoms with Crippen molar-refractivity contribution in [3.05, 3.63) is 101 Å². The lowest BCUT2D eigenvalue weighted by Crippen LogP contribution is -2.52. The van der Waals surface area contributed by atoms with Crippen LogP contribution < -0.4 is 10.6 Å². The van der Waals surface area contributed by atoms with Gasteiger partial charge in [0, 0.05) is 20.0 Å². The molecule has 206 valence electrons. The maximum absolute atomic E-state index is 13.9. The Balaban J connectivity index is 1.89. The van der Waals surface area contributed by atoms with Gasteiger partial charge in [-0.3, -0.25) is 9.59 Å². The van der Waals surface area contributed by atoms with Crippen molar-refractivity contribution in [2.24, 2.45) is 0 Å². The van der Waals surface area contributed by atoms with Crippen molar-refractivity contribution in [1.29, 1.82) is 0 Å².